The fourth-order valence-corrected chi connectivity index (χ4v) is 2.21. The molecule has 0 spiro atoms. The van der Waals surface area contributed by atoms with Crippen LogP contribution < -0.4 is 11.1 Å². The van der Waals surface area contributed by atoms with Gasteiger partial charge in [0.25, 0.3) is 5.91 Å². The van der Waals surface area contributed by atoms with Gasteiger partial charge >= 0.3 is 0 Å². The number of hydrogen-bond acceptors (Lipinski definition) is 3. The third-order valence-corrected chi connectivity index (χ3v) is 3.66. The Hall–Kier alpha value is -1.82. The van der Waals surface area contributed by atoms with Crippen molar-refractivity contribution in [2.75, 3.05) is 11.1 Å². The lowest BCUT2D eigenvalue weighted by Crippen LogP contribution is -2.14. The second kappa shape index (κ2) is 4.70. The van der Waals surface area contributed by atoms with Crippen molar-refractivity contribution < 1.29 is 4.79 Å². The van der Waals surface area contributed by atoms with Crippen LogP contribution >= 0.6 is 15.9 Å². The predicted octanol–water partition coefficient (Wildman–Crippen LogP) is 2.88. The summed E-state index contributed by atoms with van der Waals surface area (Å²) in [5.74, 6) is 0.157. The number of nitrogens with zero attached hydrogens (tertiary/aromatic N) is 1. The summed E-state index contributed by atoms with van der Waals surface area (Å²) in [5, 5.41) is 9.66. The molecule has 0 unspecified atom stereocenters. The molecule has 1 heterocycles. The zero-order valence-corrected chi connectivity index (χ0v) is 11.7. The van der Waals surface area contributed by atoms with Crippen LogP contribution in [0.15, 0.2) is 28.7 Å². The second-order valence-electron chi connectivity index (χ2n) is 4.63. The molecule has 0 radical (unpaired) electrons. The fourth-order valence-electron chi connectivity index (χ4n) is 1.94. The minimum atomic E-state index is -0.289. The van der Waals surface area contributed by atoms with Gasteiger partial charge in [-0.2, -0.15) is 5.10 Å². The molecule has 1 aromatic carbocycles. The quantitative estimate of drug-likeness (QED) is 0.813. The van der Waals surface area contributed by atoms with E-state index in [4.69, 9.17) is 5.73 Å². The predicted molar refractivity (Wildman–Crippen MR) is 77.1 cm³/mol. The molecule has 98 valence electrons. The maximum Gasteiger partial charge on any atom is 0.278 e. The molecule has 3 rings (SSSR count). The first-order valence-electron chi connectivity index (χ1n) is 6.06. The topological polar surface area (TPSA) is 83.8 Å². The van der Waals surface area contributed by atoms with E-state index in [1.54, 1.807) is 0 Å². The zero-order valence-electron chi connectivity index (χ0n) is 10.1. The van der Waals surface area contributed by atoms with Crippen molar-refractivity contribution in [1.29, 1.82) is 0 Å². The maximum atomic E-state index is 12.1. The summed E-state index contributed by atoms with van der Waals surface area (Å²) >= 11 is 3.34. The van der Waals surface area contributed by atoms with Crippen LogP contribution in [0.1, 0.15) is 34.9 Å². The van der Waals surface area contributed by atoms with E-state index in [-0.39, 0.29) is 11.6 Å². The number of halogens is 1. The number of nitrogen functional groups attached to an aromatic ring is 1. The van der Waals surface area contributed by atoms with Gasteiger partial charge in [0.1, 0.15) is 0 Å². The first-order chi connectivity index (χ1) is 9.15. The molecule has 1 amide bonds. The number of rotatable bonds is 3. The first-order valence-corrected chi connectivity index (χ1v) is 6.85. The van der Waals surface area contributed by atoms with E-state index in [9.17, 15) is 4.79 Å². The molecule has 5 nitrogen and oxygen atoms in total. The molecular weight excluding hydrogens is 308 g/mol. The second-order valence-corrected chi connectivity index (χ2v) is 5.55. The van der Waals surface area contributed by atoms with E-state index < -0.39 is 0 Å². The largest absolute Gasteiger partial charge is 0.395 e. The van der Waals surface area contributed by atoms with Crippen LogP contribution in [0.3, 0.4) is 0 Å². The van der Waals surface area contributed by atoms with Crippen molar-refractivity contribution in [2.24, 2.45) is 0 Å². The summed E-state index contributed by atoms with van der Waals surface area (Å²) in [6, 6.07) is 7.34. The van der Waals surface area contributed by atoms with E-state index in [2.05, 4.69) is 31.4 Å². The van der Waals surface area contributed by atoms with Gasteiger partial charge in [-0.05, 0) is 37.1 Å². The average Bonchev–Trinajstić information content (AvgIpc) is 3.15. The smallest absolute Gasteiger partial charge is 0.278 e. The number of anilines is 2. The number of carbonyl (C=O) groups is 1. The van der Waals surface area contributed by atoms with Gasteiger partial charge in [-0.3, -0.25) is 9.89 Å². The van der Waals surface area contributed by atoms with Crippen LogP contribution in [0.5, 0.6) is 0 Å². The lowest BCUT2D eigenvalue weighted by molar-refractivity contribution is 0.102. The summed E-state index contributed by atoms with van der Waals surface area (Å²) in [6.07, 6.45) is 2.22. The molecule has 1 aliphatic rings. The number of nitrogens with one attached hydrogen (secondary N) is 2. The van der Waals surface area contributed by atoms with Crippen molar-refractivity contribution in [3.8, 4) is 0 Å². The third kappa shape index (κ3) is 2.49. The van der Waals surface area contributed by atoms with Crippen LogP contribution in [0, 0.1) is 0 Å². The molecule has 0 atom stereocenters. The Morgan fingerprint density at radius 2 is 2.05 bits per heavy atom. The molecule has 1 aliphatic carbocycles. The van der Waals surface area contributed by atoms with Gasteiger partial charge in [0.05, 0.1) is 11.4 Å². The highest BCUT2D eigenvalue weighted by molar-refractivity contribution is 9.10. The highest BCUT2D eigenvalue weighted by atomic mass is 79.9. The molecule has 4 N–H and O–H groups in total. The van der Waals surface area contributed by atoms with E-state index in [1.807, 2.05) is 24.3 Å². The molecule has 0 aliphatic heterocycles. The van der Waals surface area contributed by atoms with E-state index in [0.717, 1.165) is 23.0 Å². The van der Waals surface area contributed by atoms with Crippen molar-refractivity contribution in [3.05, 3.63) is 40.1 Å². The zero-order chi connectivity index (χ0) is 13.4. The molecule has 2 aromatic rings. The summed E-state index contributed by atoms with van der Waals surface area (Å²) in [5.41, 5.74) is 8.30. The Balaban J connectivity index is 1.78. The van der Waals surface area contributed by atoms with Crippen LogP contribution in [-0.2, 0) is 0 Å². The molecular formula is C13H13BrN4O. The minimum Gasteiger partial charge on any atom is -0.395 e. The van der Waals surface area contributed by atoms with Crippen LogP contribution in [0.2, 0.25) is 0 Å². The van der Waals surface area contributed by atoms with E-state index in [0.29, 0.717) is 17.3 Å². The Morgan fingerprint density at radius 3 is 2.68 bits per heavy atom. The molecule has 1 aromatic heterocycles. The number of nitrogens with two attached hydrogens (primary N) is 1. The molecule has 6 heteroatoms. The van der Waals surface area contributed by atoms with Crippen molar-refractivity contribution >= 4 is 33.2 Å². The average molecular weight is 321 g/mol. The van der Waals surface area contributed by atoms with Crippen LogP contribution in [-0.4, -0.2) is 16.1 Å². The number of aromatic nitrogens is 2. The highest BCUT2D eigenvalue weighted by Gasteiger charge is 2.30. The number of benzene rings is 1. The summed E-state index contributed by atoms with van der Waals surface area (Å²) < 4.78 is 0.959. The Kier molecular flexibility index (Phi) is 3.02. The molecule has 19 heavy (non-hydrogen) atoms. The van der Waals surface area contributed by atoms with Crippen molar-refractivity contribution in [3.63, 3.8) is 0 Å². The number of amides is 1. The van der Waals surface area contributed by atoms with E-state index in [1.165, 1.54) is 0 Å². The van der Waals surface area contributed by atoms with Gasteiger partial charge in [0, 0.05) is 16.1 Å². The SMILES string of the molecule is Nc1c(C(=O)Nc2ccc(Br)cc2)n[nH]c1C1CC1. The number of H-pyrrole nitrogens is 1. The molecule has 0 bridgehead atoms. The molecule has 1 fully saturated rings. The van der Waals surface area contributed by atoms with Gasteiger partial charge in [-0.25, -0.2) is 0 Å². The van der Waals surface area contributed by atoms with Gasteiger partial charge in [-0.1, -0.05) is 15.9 Å². The maximum absolute atomic E-state index is 12.1. The van der Waals surface area contributed by atoms with Crippen molar-refractivity contribution in [1.82, 2.24) is 10.2 Å². The fraction of sp³-hybridized carbons (Fsp3) is 0.231. The third-order valence-electron chi connectivity index (χ3n) is 3.14. The van der Waals surface area contributed by atoms with Gasteiger partial charge in [0.15, 0.2) is 5.69 Å². The van der Waals surface area contributed by atoms with Crippen molar-refractivity contribution in [2.45, 2.75) is 18.8 Å². The first kappa shape index (κ1) is 12.2. The number of carbonyl (C=O) groups excluding carboxylic acids is 1. The Labute approximate surface area is 118 Å². The standard InChI is InChI=1S/C13H13BrN4O/c14-8-3-5-9(6-4-8)16-13(19)12-10(15)11(17-18-12)7-1-2-7/h3-7H,1-2,15H2,(H,16,19)(H,17,18). The normalized spacial score (nSPS) is 14.4. The summed E-state index contributed by atoms with van der Waals surface area (Å²) in [7, 11) is 0. The lowest BCUT2D eigenvalue weighted by atomic mass is 10.2. The van der Waals surface area contributed by atoms with Crippen LogP contribution in [0.4, 0.5) is 11.4 Å². The van der Waals surface area contributed by atoms with Gasteiger partial charge < -0.3 is 11.1 Å². The Bertz CT molecular complexity index is 616. The summed E-state index contributed by atoms with van der Waals surface area (Å²) in [4.78, 5) is 12.1. The molecule has 1 saturated carbocycles. The molecule has 0 saturated heterocycles. The highest BCUT2D eigenvalue weighted by Crippen LogP contribution is 2.42. The Morgan fingerprint density at radius 1 is 1.37 bits per heavy atom. The summed E-state index contributed by atoms with van der Waals surface area (Å²) in [6.45, 7) is 0. The monoisotopic (exact) mass is 320 g/mol. The minimum absolute atomic E-state index is 0.268. The number of hydrogen-bond donors (Lipinski definition) is 3. The van der Waals surface area contributed by atoms with Gasteiger partial charge in [0.2, 0.25) is 0 Å². The van der Waals surface area contributed by atoms with E-state index >= 15 is 0 Å². The lowest BCUT2D eigenvalue weighted by Gasteiger charge is -2.04. The van der Waals surface area contributed by atoms with Crippen LogP contribution in [0.25, 0.3) is 0 Å². The number of aromatic amines is 1. The van der Waals surface area contributed by atoms with Gasteiger partial charge in [-0.15, -0.1) is 0 Å².